The number of nitrogens with one attached hydrogen (secondary N) is 1. The third kappa shape index (κ3) is 2.89. The Hall–Kier alpha value is -0.860. The second-order valence-corrected chi connectivity index (χ2v) is 6.99. The van der Waals surface area contributed by atoms with E-state index in [1.165, 1.54) is 44.3 Å². The van der Waals surface area contributed by atoms with Gasteiger partial charge in [0, 0.05) is 12.1 Å². The fraction of sp³-hybridized carbons (Fsp3) is 0.684. The highest BCUT2D eigenvalue weighted by molar-refractivity contribution is 5.36. The third-order valence-electron chi connectivity index (χ3n) is 5.85. The van der Waals surface area contributed by atoms with Gasteiger partial charge in [0.1, 0.15) is 0 Å². The molecule has 1 aliphatic heterocycles. The molecule has 0 aromatic heterocycles. The summed E-state index contributed by atoms with van der Waals surface area (Å²) in [6.45, 7) is 7.32. The van der Waals surface area contributed by atoms with Crippen molar-refractivity contribution in [1.29, 1.82) is 0 Å². The van der Waals surface area contributed by atoms with E-state index in [4.69, 9.17) is 0 Å². The van der Waals surface area contributed by atoms with Crippen molar-refractivity contribution < 1.29 is 0 Å². The van der Waals surface area contributed by atoms with Crippen LogP contribution in [-0.2, 0) is 0 Å². The molecule has 1 aromatic rings. The number of piperidine rings is 1. The first-order chi connectivity index (χ1) is 10.2. The zero-order valence-electron chi connectivity index (χ0n) is 13.8. The van der Waals surface area contributed by atoms with Gasteiger partial charge in [0.2, 0.25) is 0 Å². The van der Waals surface area contributed by atoms with E-state index in [1.807, 2.05) is 0 Å². The Labute approximate surface area is 129 Å². The second kappa shape index (κ2) is 6.50. The van der Waals surface area contributed by atoms with Crippen LogP contribution >= 0.6 is 0 Å². The lowest BCUT2D eigenvalue weighted by molar-refractivity contribution is 0.0912. The van der Waals surface area contributed by atoms with Crippen LogP contribution in [-0.4, -0.2) is 31.1 Å². The molecule has 3 rings (SSSR count). The minimum Gasteiger partial charge on any atom is -0.312 e. The largest absolute Gasteiger partial charge is 0.312 e. The average Bonchev–Trinajstić information content (AvgIpc) is 2.55. The van der Waals surface area contributed by atoms with E-state index in [0.717, 1.165) is 5.92 Å². The first-order valence-electron chi connectivity index (χ1n) is 8.74. The molecular formula is C19H30N2. The molecule has 1 saturated heterocycles. The summed E-state index contributed by atoms with van der Waals surface area (Å²) in [5.41, 5.74) is 3.08. The van der Waals surface area contributed by atoms with Crippen molar-refractivity contribution in [3.05, 3.63) is 35.4 Å². The van der Waals surface area contributed by atoms with Crippen LogP contribution in [0.5, 0.6) is 0 Å². The summed E-state index contributed by atoms with van der Waals surface area (Å²) in [5, 5.41) is 3.61. The maximum absolute atomic E-state index is 3.61. The molecule has 0 radical (unpaired) electrons. The van der Waals surface area contributed by atoms with Gasteiger partial charge in [-0.25, -0.2) is 0 Å². The number of likely N-dealkylation sites (N-methyl/N-ethyl adjacent to an activating group) is 1. The topological polar surface area (TPSA) is 15.3 Å². The highest BCUT2D eigenvalue weighted by Gasteiger charge is 2.36. The van der Waals surface area contributed by atoms with E-state index in [1.54, 1.807) is 5.56 Å². The van der Waals surface area contributed by atoms with E-state index in [9.17, 15) is 0 Å². The summed E-state index contributed by atoms with van der Waals surface area (Å²) in [4.78, 5) is 2.76. The Balaban J connectivity index is 1.80. The Morgan fingerprint density at radius 1 is 1.14 bits per heavy atom. The molecule has 2 nitrogen and oxygen atoms in total. The molecule has 3 unspecified atom stereocenters. The standard InChI is InChI=1S/C19H30N2/c1-4-15-9-11-21(12-10-15)18-13-14(2)16-7-5-6-8-17(16)19(18)20-3/h5-8,14-15,18-20H,4,9-13H2,1-3H3. The van der Waals surface area contributed by atoms with Crippen molar-refractivity contribution in [3.63, 3.8) is 0 Å². The maximum atomic E-state index is 3.61. The van der Waals surface area contributed by atoms with Crippen LogP contribution in [0.25, 0.3) is 0 Å². The van der Waals surface area contributed by atoms with Gasteiger partial charge >= 0.3 is 0 Å². The molecule has 116 valence electrons. The lowest BCUT2D eigenvalue weighted by atomic mass is 9.76. The third-order valence-corrected chi connectivity index (χ3v) is 5.85. The molecule has 0 spiro atoms. The number of fused-ring (bicyclic) bond motifs is 1. The zero-order chi connectivity index (χ0) is 14.8. The smallest absolute Gasteiger partial charge is 0.0478 e. The Morgan fingerprint density at radius 2 is 1.81 bits per heavy atom. The lowest BCUT2D eigenvalue weighted by Gasteiger charge is -2.45. The van der Waals surface area contributed by atoms with Gasteiger partial charge in [-0.3, -0.25) is 4.90 Å². The normalized spacial score (nSPS) is 31.1. The summed E-state index contributed by atoms with van der Waals surface area (Å²) >= 11 is 0. The summed E-state index contributed by atoms with van der Waals surface area (Å²) in [6, 6.07) is 10.2. The number of hydrogen-bond donors (Lipinski definition) is 1. The average molecular weight is 286 g/mol. The maximum Gasteiger partial charge on any atom is 0.0478 e. The van der Waals surface area contributed by atoms with Crippen LogP contribution in [0.4, 0.5) is 0 Å². The second-order valence-electron chi connectivity index (χ2n) is 6.99. The van der Waals surface area contributed by atoms with Crippen molar-refractivity contribution in [2.75, 3.05) is 20.1 Å². The molecule has 2 aliphatic rings. The summed E-state index contributed by atoms with van der Waals surface area (Å²) in [7, 11) is 2.13. The summed E-state index contributed by atoms with van der Waals surface area (Å²) in [6.07, 6.45) is 5.42. The molecule has 1 heterocycles. The quantitative estimate of drug-likeness (QED) is 0.905. The highest BCUT2D eigenvalue weighted by Crippen LogP contribution is 2.40. The first-order valence-corrected chi connectivity index (χ1v) is 8.74. The predicted octanol–water partition coefficient (Wildman–Crippen LogP) is 3.94. The molecule has 1 N–H and O–H groups in total. The van der Waals surface area contributed by atoms with Gasteiger partial charge in [0.15, 0.2) is 0 Å². The van der Waals surface area contributed by atoms with Gasteiger partial charge in [-0.1, -0.05) is 44.5 Å². The zero-order valence-corrected chi connectivity index (χ0v) is 13.8. The molecule has 0 amide bonds. The lowest BCUT2D eigenvalue weighted by Crippen LogP contribution is -2.49. The Bertz CT molecular complexity index is 462. The Morgan fingerprint density at radius 3 is 2.43 bits per heavy atom. The van der Waals surface area contributed by atoms with Crippen LogP contribution in [0, 0.1) is 5.92 Å². The number of benzene rings is 1. The van der Waals surface area contributed by atoms with Crippen LogP contribution in [0.15, 0.2) is 24.3 Å². The predicted molar refractivity (Wildman–Crippen MR) is 89.7 cm³/mol. The molecule has 0 saturated carbocycles. The van der Waals surface area contributed by atoms with Crippen molar-refractivity contribution in [2.45, 2.75) is 57.5 Å². The van der Waals surface area contributed by atoms with Crippen LogP contribution in [0.2, 0.25) is 0 Å². The van der Waals surface area contributed by atoms with E-state index >= 15 is 0 Å². The van der Waals surface area contributed by atoms with Gasteiger partial charge in [-0.05, 0) is 62.4 Å². The van der Waals surface area contributed by atoms with Crippen LogP contribution in [0.3, 0.4) is 0 Å². The number of nitrogens with zero attached hydrogens (tertiary/aromatic N) is 1. The van der Waals surface area contributed by atoms with Crippen LogP contribution in [0.1, 0.15) is 62.6 Å². The molecule has 21 heavy (non-hydrogen) atoms. The molecule has 2 heteroatoms. The molecule has 1 fully saturated rings. The molecule has 1 aliphatic carbocycles. The van der Waals surface area contributed by atoms with Crippen LogP contribution < -0.4 is 5.32 Å². The summed E-state index contributed by atoms with van der Waals surface area (Å²) in [5.74, 6) is 1.64. The number of rotatable bonds is 3. The molecule has 3 atom stereocenters. The van der Waals surface area contributed by atoms with E-state index in [-0.39, 0.29) is 0 Å². The van der Waals surface area contributed by atoms with E-state index in [2.05, 4.69) is 55.4 Å². The van der Waals surface area contributed by atoms with Gasteiger partial charge in [0.25, 0.3) is 0 Å². The SMILES string of the molecule is CCC1CCN(C2CC(C)c3ccccc3C2NC)CC1. The Kier molecular flexibility index (Phi) is 4.66. The minimum atomic E-state index is 0.496. The minimum absolute atomic E-state index is 0.496. The van der Waals surface area contributed by atoms with Crippen molar-refractivity contribution >= 4 is 0 Å². The van der Waals surface area contributed by atoms with Gasteiger partial charge in [-0.2, -0.15) is 0 Å². The fourth-order valence-corrected chi connectivity index (χ4v) is 4.48. The number of hydrogen-bond acceptors (Lipinski definition) is 2. The molecule has 0 bridgehead atoms. The van der Waals surface area contributed by atoms with Gasteiger partial charge in [-0.15, -0.1) is 0 Å². The van der Waals surface area contributed by atoms with Crippen molar-refractivity contribution in [1.82, 2.24) is 10.2 Å². The first kappa shape index (κ1) is 15.1. The fourth-order valence-electron chi connectivity index (χ4n) is 4.48. The molecular weight excluding hydrogens is 256 g/mol. The monoisotopic (exact) mass is 286 g/mol. The van der Waals surface area contributed by atoms with Crippen molar-refractivity contribution in [2.24, 2.45) is 5.92 Å². The van der Waals surface area contributed by atoms with E-state index in [0.29, 0.717) is 18.0 Å². The van der Waals surface area contributed by atoms with Crippen molar-refractivity contribution in [3.8, 4) is 0 Å². The summed E-state index contributed by atoms with van der Waals surface area (Å²) < 4.78 is 0. The highest BCUT2D eigenvalue weighted by atomic mass is 15.2. The number of likely N-dealkylation sites (tertiary alicyclic amines) is 1. The molecule has 1 aromatic carbocycles. The van der Waals surface area contributed by atoms with E-state index < -0.39 is 0 Å². The van der Waals surface area contributed by atoms with Gasteiger partial charge < -0.3 is 5.32 Å². The van der Waals surface area contributed by atoms with Gasteiger partial charge in [0.05, 0.1) is 0 Å².